The molecule has 1 fully saturated rings. The minimum absolute atomic E-state index is 0.0162. The Balaban J connectivity index is 2.50. The molecule has 0 radical (unpaired) electrons. The first-order chi connectivity index (χ1) is 6.06. The number of aliphatic hydroxyl groups excluding tert-OH is 2. The van der Waals surface area contributed by atoms with Crippen molar-refractivity contribution >= 4 is 5.91 Å². The van der Waals surface area contributed by atoms with Gasteiger partial charge >= 0.3 is 0 Å². The van der Waals surface area contributed by atoms with E-state index in [4.69, 9.17) is 0 Å². The van der Waals surface area contributed by atoms with Gasteiger partial charge in [0.05, 0.1) is 12.2 Å². The quantitative estimate of drug-likeness (QED) is 0.618. The van der Waals surface area contributed by atoms with Crippen molar-refractivity contribution in [2.75, 3.05) is 13.1 Å². The molecule has 0 spiro atoms. The van der Waals surface area contributed by atoms with E-state index in [-0.39, 0.29) is 24.9 Å². The highest BCUT2D eigenvalue weighted by molar-refractivity contribution is 5.78. The Hall–Kier alpha value is -0.610. The highest BCUT2D eigenvalue weighted by atomic mass is 16.3. The molecule has 3 unspecified atom stereocenters. The van der Waals surface area contributed by atoms with Crippen LogP contribution in [0.25, 0.3) is 0 Å². The van der Waals surface area contributed by atoms with Gasteiger partial charge in [0, 0.05) is 19.0 Å². The number of hydrogen-bond acceptors (Lipinski definition) is 3. The molecule has 1 aliphatic heterocycles. The Kier molecular flexibility index (Phi) is 3.27. The molecule has 13 heavy (non-hydrogen) atoms. The molecule has 4 heteroatoms. The van der Waals surface area contributed by atoms with Gasteiger partial charge in [0.25, 0.3) is 0 Å². The zero-order valence-corrected chi connectivity index (χ0v) is 8.10. The van der Waals surface area contributed by atoms with Gasteiger partial charge in [-0.1, -0.05) is 13.8 Å². The fourth-order valence-electron chi connectivity index (χ4n) is 1.44. The molecule has 1 aliphatic rings. The first kappa shape index (κ1) is 10.5. The van der Waals surface area contributed by atoms with E-state index < -0.39 is 12.2 Å². The van der Waals surface area contributed by atoms with E-state index in [1.54, 1.807) is 0 Å². The van der Waals surface area contributed by atoms with E-state index in [0.717, 1.165) is 6.42 Å². The zero-order valence-electron chi connectivity index (χ0n) is 8.10. The number of rotatable bonds is 2. The maximum atomic E-state index is 11.6. The molecule has 0 aromatic heterocycles. The minimum atomic E-state index is -0.770. The van der Waals surface area contributed by atoms with Crippen molar-refractivity contribution < 1.29 is 15.0 Å². The van der Waals surface area contributed by atoms with Gasteiger partial charge in [-0.25, -0.2) is 0 Å². The fraction of sp³-hybridized carbons (Fsp3) is 0.889. The third kappa shape index (κ3) is 2.19. The van der Waals surface area contributed by atoms with Gasteiger partial charge in [0.1, 0.15) is 0 Å². The van der Waals surface area contributed by atoms with E-state index >= 15 is 0 Å². The van der Waals surface area contributed by atoms with Gasteiger partial charge in [0.15, 0.2) is 0 Å². The second kappa shape index (κ2) is 4.07. The largest absolute Gasteiger partial charge is 0.388 e. The summed E-state index contributed by atoms with van der Waals surface area (Å²) in [6.07, 6.45) is -0.748. The standard InChI is InChI=1S/C9H17NO3/c1-3-6(2)9(13)10-4-7(11)8(12)5-10/h6-8,11-12H,3-5H2,1-2H3. The SMILES string of the molecule is CCC(C)C(=O)N1CC(O)C(O)C1. The fourth-order valence-corrected chi connectivity index (χ4v) is 1.44. The molecule has 0 saturated carbocycles. The van der Waals surface area contributed by atoms with Crippen LogP contribution < -0.4 is 0 Å². The summed E-state index contributed by atoms with van der Waals surface area (Å²) in [6.45, 7) is 4.35. The van der Waals surface area contributed by atoms with Crippen LogP contribution in [0.5, 0.6) is 0 Å². The van der Waals surface area contributed by atoms with E-state index in [1.807, 2.05) is 13.8 Å². The Labute approximate surface area is 78.2 Å². The summed E-state index contributed by atoms with van der Waals surface area (Å²) in [4.78, 5) is 13.1. The molecule has 1 heterocycles. The van der Waals surface area contributed by atoms with Crippen LogP contribution in [-0.2, 0) is 4.79 Å². The lowest BCUT2D eigenvalue weighted by Gasteiger charge is -2.19. The van der Waals surface area contributed by atoms with Gasteiger partial charge < -0.3 is 15.1 Å². The van der Waals surface area contributed by atoms with E-state index in [9.17, 15) is 15.0 Å². The summed E-state index contributed by atoms with van der Waals surface area (Å²) in [5.41, 5.74) is 0. The molecule has 0 aliphatic carbocycles. The van der Waals surface area contributed by atoms with Crippen molar-refractivity contribution in [1.82, 2.24) is 4.90 Å². The topological polar surface area (TPSA) is 60.8 Å². The van der Waals surface area contributed by atoms with Crippen LogP contribution in [0, 0.1) is 5.92 Å². The van der Waals surface area contributed by atoms with E-state index in [2.05, 4.69) is 0 Å². The normalized spacial score (nSPS) is 30.6. The third-order valence-corrected chi connectivity index (χ3v) is 2.60. The smallest absolute Gasteiger partial charge is 0.225 e. The highest BCUT2D eigenvalue weighted by Gasteiger charge is 2.33. The average Bonchev–Trinajstić information content (AvgIpc) is 2.44. The lowest BCUT2D eigenvalue weighted by Crippen LogP contribution is -2.33. The van der Waals surface area contributed by atoms with Crippen molar-refractivity contribution in [2.24, 2.45) is 5.92 Å². The molecule has 0 aromatic carbocycles. The van der Waals surface area contributed by atoms with Crippen LogP contribution in [0.4, 0.5) is 0 Å². The Bertz CT molecular complexity index is 185. The molecule has 76 valence electrons. The van der Waals surface area contributed by atoms with Gasteiger partial charge in [-0.15, -0.1) is 0 Å². The number of amides is 1. The average molecular weight is 187 g/mol. The summed E-state index contributed by atoms with van der Waals surface area (Å²) < 4.78 is 0. The lowest BCUT2D eigenvalue weighted by molar-refractivity contribution is -0.134. The molecule has 2 N–H and O–H groups in total. The number of likely N-dealkylation sites (tertiary alicyclic amines) is 1. The van der Waals surface area contributed by atoms with Crippen molar-refractivity contribution in [3.05, 3.63) is 0 Å². The molecular weight excluding hydrogens is 170 g/mol. The number of hydrogen-bond donors (Lipinski definition) is 2. The van der Waals surface area contributed by atoms with Gasteiger partial charge in [0.2, 0.25) is 5.91 Å². The van der Waals surface area contributed by atoms with Crippen LogP contribution >= 0.6 is 0 Å². The second-order valence-electron chi connectivity index (χ2n) is 3.69. The summed E-state index contributed by atoms with van der Waals surface area (Å²) in [5, 5.41) is 18.5. The molecule has 0 bridgehead atoms. The van der Waals surface area contributed by atoms with E-state index in [1.165, 1.54) is 4.90 Å². The molecular formula is C9H17NO3. The number of carbonyl (C=O) groups is 1. The molecule has 0 aromatic rings. The molecule has 1 rings (SSSR count). The summed E-state index contributed by atoms with van der Waals surface area (Å²) in [6, 6.07) is 0. The molecule has 4 nitrogen and oxygen atoms in total. The predicted octanol–water partition coefficient (Wildman–Crippen LogP) is -0.404. The maximum Gasteiger partial charge on any atom is 0.225 e. The van der Waals surface area contributed by atoms with Crippen LogP contribution in [0.15, 0.2) is 0 Å². The van der Waals surface area contributed by atoms with Crippen molar-refractivity contribution in [1.29, 1.82) is 0 Å². The molecule has 1 saturated heterocycles. The zero-order chi connectivity index (χ0) is 10.0. The van der Waals surface area contributed by atoms with Crippen LogP contribution in [0.1, 0.15) is 20.3 Å². The van der Waals surface area contributed by atoms with Crippen molar-refractivity contribution in [3.63, 3.8) is 0 Å². The van der Waals surface area contributed by atoms with Crippen LogP contribution in [-0.4, -0.2) is 46.3 Å². The number of carbonyl (C=O) groups excluding carboxylic acids is 1. The Morgan fingerprint density at radius 1 is 1.46 bits per heavy atom. The summed E-state index contributed by atoms with van der Waals surface area (Å²) in [7, 11) is 0. The first-order valence-electron chi connectivity index (χ1n) is 4.71. The molecule has 3 atom stereocenters. The lowest BCUT2D eigenvalue weighted by atomic mass is 10.1. The van der Waals surface area contributed by atoms with Gasteiger partial charge in [-0.3, -0.25) is 4.79 Å². The minimum Gasteiger partial charge on any atom is -0.388 e. The van der Waals surface area contributed by atoms with Crippen molar-refractivity contribution in [2.45, 2.75) is 32.5 Å². The second-order valence-corrected chi connectivity index (χ2v) is 3.69. The van der Waals surface area contributed by atoms with Crippen LogP contribution in [0.3, 0.4) is 0 Å². The maximum absolute atomic E-state index is 11.6. The van der Waals surface area contributed by atoms with E-state index in [0.29, 0.717) is 0 Å². The number of nitrogens with zero attached hydrogens (tertiary/aromatic N) is 1. The summed E-state index contributed by atoms with van der Waals surface area (Å²) in [5.74, 6) is 0.00981. The summed E-state index contributed by atoms with van der Waals surface area (Å²) >= 11 is 0. The van der Waals surface area contributed by atoms with Crippen LogP contribution in [0.2, 0.25) is 0 Å². The number of aliphatic hydroxyl groups is 2. The third-order valence-electron chi connectivity index (χ3n) is 2.60. The molecule has 1 amide bonds. The predicted molar refractivity (Wildman–Crippen MR) is 48.0 cm³/mol. The number of β-amino-alcohol motifs (C(OH)–C–C–N with tert-alkyl or cyclic N) is 2. The van der Waals surface area contributed by atoms with Gasteiger partial charge in [-0.05, 0) is 6.42 Å². The highest BCUT2D eigenvalue weighted by Crippen LogP contribution is 2.14. The first-order valence-corrected chi connectivity index (χ1v) is 4.71. The van der Waals surface area contributed by atoms with Gasteiger partial charge in [-0.2, -0.15) is 0 Å². The van der Waals surface area contributed by atoms with Crippen molar-refractivity contribution in [3.8, 4) is 0 Å². The Morgan fingerprint density at radius 2 is 1.92 bits per heavy atom. The Morgan fingerprint density at radius 3 is 2.31 bits per heavy atom. The monoisotopic (exact) mass is 187 g/mol.